The number of aryl methyl sites for hydroxylation is 1. The highest BCUT2D eigenvalue weighted by atomic mass is 15.4. The first-order valence-corrected chi connectivity index (χ1v) is 4.24. The maximum atomic E-state index is 4.02. The third-order valence-corrected chi connectivity index (χ3v) is 1.88. The minimum Gasteiger partial charge on any atom is -0.255 e. The highest BCUT2D eigenvalue weighted by Gasteiger charge is 1.98. The number of hydrogen-bond acceptors (Lipinski definition) is 2. The third kappa shape index (κ3) is 1.93. The van der Waals surface area contributed by atoms with Gasteiger partial charge in [0.2, 0.25) is 0 Å². The molecule has 13 heavy (non-hydrogen) atoms. The Morgan fingerprint density at radius 2 is 2.00 bits per heavy atom. The van der Waals surface area contributed by atoms with Crippen molar-refractivity contribution in [3.8, 4) is 0 Å². The fraction of sp³-hybridized carbons (Fsp3) is 0.200. The quantitative estimate of drug-likeness (QED) is 0.687. The summed E-state index contributed by atoms with van der Waals surface area (Å²) in [5, 5.41) is 7.90. The fourth-order valence-corrected chi connectivity index (χ4v) is 1.28. The molecule has 0 radical (unpaired) electrons. The summed E-state index contributed by atoms with van der Waals surface area (Å²) in [5.74, 6) is 0. The van der Waals surface area contributed by atoms with Crippen LogP contribution in [0, 0.1) is 0 Å². The van der Waals surface area contributed by atoms with Gasteiger partial charge in [-0.05, 0) is 5.56 Å². The summed E-state index contributed by atoms with van der Waals surface area (Å²) in [6.07, 6.45) is 2.79. The van der Waals surface area contributed by atoms with Crippen molar-refractivity contribution >= 4 is 0 Å². The topological polar surface area (TPSA) is 30.7 Å². The van der Waals surface area contributed by atoms with Crippen molar-refractivity contribution in [1.82, 2.24) is 15.0 Å². The molecule has 0 spiro atoms. The molecular formula is C10H11N3. The van der Waals surface area contributed by atoms with Gasteiger partial charge < -0.3 is 0 Å². The molecule has 66 valence electrons. The Labute approximate surface area is 77.0 Å². The van der Waals surface area contributed by atoms with E-state index in [2.05, 4.69) is 22.4 Å². The van der Waals surface area contributed by atoms with E-state index in [4.69, 9.17) is 0 Å². The van der Waals surface area contributed by atoms with E-state index < -0.39 is 0 Å². The molecule has 2 aromatic rings. The smallest absolute Gasteiger partial charge is 0.0870 e. The molecule has 0 aliphatic rings. The summed E-state index contributed by atoms with van der Waals surface area (Å²) >= 11 is 0. The van der Waals surface area contributed by atoms with Crippen molar-refractivity contribution in [3.63, 3.8) is 0 Å². The Hall–Kier alpha value is -1.64. The number of rotatable bonds is 2. The summed E-state index contributed by atoms with van der Waals surface area (Å²) in [6, 6.07) is 10.3. The van der Waals surface area contributed by atoms with Crippen molar-refractivity contribution < 1.29 is 0 Å². The van der Waals surface area contributed by atoms with E-state index in [0.717, 1.165) is 12.1 Å². The highest BCUT2D eigenvalue weighted by molar-refractivity contribution is 5.19. The lowest BCUT2D eigenvalue weighted by atomic mass is 10.1. The molecule has 3 nitrogen and oxygen atoms in total. The van der Waals surface area contributed by atoms with Crippen LogP contribution in [-0.4, -0.2) is 15.0 Å². The minimum absolute atomic E-state index is 0.856. The molecule has 0 fully saturated rings. The van der Waals surface area contributed by atoms with Gasteiger partial charge in [-0.15, -0.1) is 5.10 Å². The van der Waals surface area contributed by atoms with Crippen LogP contribution in [0.5, 0.6) is 0 Å². The van der Waals surface area contributed by atoms with Gasteiger partial charge in [0.1, 0.15) is 0 Å². The molecule has 0 bridgehead atoms. The monoisotopic (exact) mass is 173 g/mol. The Balaban J connectivity index is 2.15. The third-order valence-electron chi connectivity index (χ3n) is 1.88. The molecule has 3 heteroatoms. The average Bonchev–Trinajstić information content (AvgIpc) is 2.53. The van der Waals surface area contributed by atoms with Crippen LogP contribution in [0.15, 0.2) is 36.5 Å². The van der Waals surface area contributed by atoms with Gasteiger partial charge in [0.05, 0.1) is 5.69 Å². The van der Waals surface area contributed by atoms with E-state index in [9.17, 15) is 0 Å². The molecule has 0 atom stereocenters. The van der Waals surface area contributed by atoms with Crippen LogP contribution in [0.2, 0.25) is 0 Å². The largest absolute Gasteiger partial charge is 0.255 e. The molecule has 0 saturated heterocycles. The number of benzene rings is 1. The second kappa shape index (κ2) is 3.39. The summed E-state index contributed by atoms with van der Waals surface area (Å²) in [5.41, 5.74) is 2.27. The van der Waals surface area contributed by atoms with Crippen LogP contribution in [0.3, 0.4) is 0 Å². The van der Waals surface area contributed by atoms with Crippen LogP contribution in [-0.2, 0) is 13.5 Å². The van der Waals surface area contributed by atoms with E-state index in [0.29, 0.717) is 0 Å². The Morgan fingerprint density at radius 1 is 1.23 bits per heavy atom. The minimum atomic E-state index is 0.856. The first-order chi connectivity index (χ1) is 6.34. The van der Waals surface area contributed by atoms with Crippen LogP contribution in [0.25, 0.3) is 0 Å². The maximum Gasteiger partial charge on any atom is 0.0870 e. The van der Waals surface area contributed by atoms with Crippen molar-refractivity contribution in [2.75, 3.05) is 0 Å². The van der Waals surface area contributed by atoms with Gasteiger partial charge in [-0.25, -0.2) is 0 Å². The molecule has 0 N–H and O–H groups in total. The van der Waals surface area contributed by atoms with E-state index in [1.54, 1.807) is 4.68 Å². The fourth-order valence-electron chi connectivity index (χ4n) is 1.28. The van der Waals surface area contributed by atoms with E-state index >= 15 is 0 Å². The van der Waals surface area contributed by atoms with Crippen molar-refractivity contribution in [2.45, 2.75) is 6.42 Å². The number of nitrogens with zero attached hydrogens (tertiary/aromatic N) is 3. The van der Waals surface area contributed by atoms with Crippen molar-refractivity contribution in [2.24, 2.45) is 7.05 Å². The highest BCUT2D eigenvalue weighted by Crippen LogP contribution is 2.04. The number of hydrogen-bond donors (Lipinski definition) is 0. The lowest BCUT2D eigenvalue weighted by molar-refractivity contribution is 0.713. The molecular weight excluding hydrogens is 162 g/mol. The van der Waals surface area contributed by atoms with Crippen LogP contribution < -0.4 is 0 Å². The van der Waals surface area contributed by atoms with Gasteiger partial charge in [0.15, 0.2) is 0 Å². The van der Waals surface area contributed by atoms with Gasteiger partial charge in [-0.2, -0.15) is 0 Å². The standard InChI is InChI=1S/C10H11N3/c1-13-8-10(11-12-13)7-9-5-3-2-4-6-9/h2-6,8H,7H2,1H3. The zero-order chi connectivity index (χ0) is 9.10. The Bertz CT molecular complexity index is 378. The molecule has 0 aliphatic heterocycles. The zero-order valence-corrected chi connectivity index (χ0v) is 7.51. The Kier molecular flexibility index (Phi) is 2.08. The Morgan fingerprint density at radius 3 is 2.62 bits per heavy atom. The average molecular weight is 173 g/mol. The summed E-state index contributed by atoms with van der Waals surface area (Å²) < 4.78 is 1.72. The summed E-state index contributed by atoms with van der Waals surface area (Å²) in [7, 11) is 1.88. The zero-order valence-electron chi connectivity index (χ0n) is 7.51. The van der Waals surface area contributed by atoms with Crippen LogP contribution >= 0.6 is 0 Å². The molecule has 1 aromatic heterocycles. The normalized spacial score (nSPS) is 10.2. The molecule has 0 unspecified atom stereocenters. The second-order valence-corrected chi connectivity index (χ2v) is 3.05. The SMILES string of the molecule is Cn1cc(Cc2ccccc2)nn1. The molecule has 0 aliphatic carbocycles. The molecule has 2 rings (SSSR count). The van der Waals surface area contributed by atoms with E-state index in [1.165, 1.54) is 5.56 Å². The lowest BCUT2D eigenvalue weighted by Gasteiger charge is -1.94. The van der Waals surface area contributed by atoms with Gasteiger partial charge in [0, 0.05) is 19.7 Å². The number of aromatic nitrogens is 3. The molecule has 1 aromatic carbocycles. The summed E-state index contributed by atoms with van der Waals surface area (Å²) in [6.45, 7) is 0. The first kappa shape index (κ1) is 7.98. The van der Waals surface area contributed by atoms with Crippen LogP contribution in [0.4, 0.5) is 0 Å². The van der Waals surface area contributed by atoms with Crippen molar-refractivity contribution in [1.29, 1.82) is 0 Å². The van der Waals surface area contributed by atoms with Crippen molar-refractivity contribution in [3.05, 3.63) is 47.8 Å². The van der Waals surface area contributed by atoms with E-state index in [-0.39, 0.29) is 0 Å². The molecule has 0 amide bonds. The van der Waals surface area contributed by atoms with E-state index in [1.807, 2.05) is 31.4 Å². The summed E-state index contributed by atoms with van der Waals surface area (Å²) in [4.78, 5) is 0. The molecule has 0 saturated carbocycles. The first-order valence-electron chi connectivity index (χ1n) is 4.24. The van der Waals surface area contributed by atoms with Gasteiger partial charge in [-0.3, -0.25) is 4.68 Å². The van der Waals surface area contributed by atoms with Gasteiger partial charge in [0.25, 0.3) is 0 Å². The van der Waals surface area contributed by atoms with Gasteiger partial charge >= 0.3 is 0 Å². The second-order valence-electron chi connectivity index (χ2n) is 3.05. The van der Waals surface area contributed by atoms with Crippen LogP contribution in [0.1, 0.15) is 11.3 Å². The maximum absolute atomic E-state index is 4.02. The predicted molar refractivity (Wildman–Crippen MR) is 50.3 cm³/mol. The van der Waals surface area contributed by atoms with Gasteiger partial charge in [-0.1, -0.05) is 35.5 Å². The lowest BCUT2D eigenvalue weighted by Crippen LogP contribution is -1.87. The molecule has 1 heterocycles. The predicted octanol–water partition coefficient (Wildman–Crippen LogP) is 1.41.